The molecule has 5 rings (SSSR count). The zero-order valence-corrected chi connectivity index (χ0v) is 17.1. The van der Waals surface area contributed by atoms with Gasteiger partial charge >= 0.3 is 7.12 Å². The molecule has 0 amide bonds. The highest BCUT2D eigenvalue weighted by atomic mass is 16.5. The van der Waals surface area contributed by atoms with Crippen molar-refractivity contribution in [1.29, 1.82) is 0 Å². The van der Waals surface area contributed by atoms with Gasteiger partial charge in [-0.05, 0) is 49.6 Å². The third-order valence-corrected chi connectivity index (χ3v) is 7.04. The number of hydrogen-bond donors (Lipinski definition) is 1. The van der Waals surface area contributed by atoms with Gasteiger partial charge in [-0.1, -0.05) is 60.2 Å². The molecule has 4 nitrogen and oxygen atoms in total. The van der Waals surface area contributed by atoms with Crippen molar-refractivity contribution in [3.05, 3.63) is 82.4 Å². The maximum absolute atomic E-state index is 13.5. The van der Waals surface area contributed by atoms with Crippen molar-refractivity contribution in [2.24, 2.45) is 17.8 Å². The smallest absolute Gasteiger partial charge is 0.427 e. The summed E-state index contributed by atoms with van der Waals surface area (Å²) >= 11 is 0. The molecule has 3 aliphatic rings. The Balaban J connectivity index is 1.49. The Bertz CT molecular complexity index is 1030. The number of rotatable bonds is 3. The number of Topliss-reactive ketones (excluding diaryl/α,β-unsaturated/α-hetero) is 2. The summed E-state index contributed by atoms with van der Waals surface area (Å²) in [7, 11) is -0.911. The molecule has 0 radical (unpaired) electrons. The van der Waals surface area contributed by atoms with Gasteiger partial charge in [-0.15, -0.1) is 0 Å². The molecular formula is C25H25BO4. The van der Waals surface area contributed by atoms with E-state index in [1.54, 1.807) is 12.1 Å². The summed E-state index contributed by atoms with van der Waals surface area (Å²) in [6, 6.07) is 17.4. The van der Waals surface area contributed by atoms with Crippen LogP contribution in [0.1, 0.15) is 46.0 Å². The number of fused-ring (bicyclic) bond motifs is 4. The van der Waals surface area contributed by atoms with Gasteiger partial charge in [0.1, 0.15) is 0 Å². The first kappa shape index (κ1) is 19.5. The SMILES string of the molecule is CC1=C2[C@@H](CCc3ccccc3)OB(O)C[C@@H]2[C@@H]2C(=O)c3ccccc3C(=O)[C@@H]2C1. The largest absolute Gasteiger partial charge is 0.455 e. The molecule has 2 aromatic rings. The van der Waals surface area contributed by atoms with Crippen LogP contribution in [0.4, 0.5) is 0 Å². The Morgan fingerprint density at radius 3 is 2.37 bits per heavy atom. The Morgan fingerprint density at radius 1 is 0.967 bits per heavy atom. The monoisotopic (exact) mass is 400 g/mol. The van der Waals surface area contributed by atoms with Crippen LogP contribution in [0.3, 0.4) is 0 Å². The second-order valence-electron chi connectivity index (χ2n) is 8.79. The van der Waals surface area contributed by atoms with E-state index in [-0.39, 0.29) is 29.5 Å². The molecule has 2 aliphatic carbocycles. The summed E-state index contributed by atoms with van der Waals surface area (Å²) in [4.78, 5) is 26.7. The van der Waals surface area contributed by atoms with Crippen LogP contribution in [0.15, 0.2) is 65.7 Å². The van der Waals surface area contributed by atoms with Gasteiger partial charge in [-0.2, -0.15) is 0 Å². The standard InChI is InChI=1S/C25H25BO4/c1-15-13-19-23(25(28)18-10-6-5-9-17(18)24(19)27)20-14-26(29)30-21(22(15)20)12-11-16-7-3-2-4-8-16/h2-10,19-21,23,29H,11-14H2,1H3/t19-,20+,21-,23-/m1/s1. The van der Waals surface area contributed by atoms with Crippen molar-refractivity contribution in [1.82, 2.24) is 0 Å². The molecule has 5 heteroatoms. The van der Waals surface area contributed by atoms with Crippen LogP contribution >= 0.6 is 0 Å². The van der Waals surface area contributed by atoms with Crippen LogP contribution < -0.4 is 0 Å². The molecule has 0 unspecified atom stereocenters. The summed E-state index contributed by atoms with van der Waals surface area (Å²) in [5.74, 6) is -0.764. The maximum Gasteiger partial charge on any atom is 0.455 e. The van der Waals surface area contributed by atoms with E-state index in [0.717, 1.165) is 24.0 Å². The van der Waals surface area contributed by atoms with E-state index in [1.807, 2.05) is 30.3 Å². The van der Waals surface area contributed by atoms with Gasteiger partial charge in [-0.25, -0.2) is 0 Å². The second-order valence-corrected chi connectivity index (χ2v) is 8.79. The van der Waals surface area contributed by atoms with Crippen LogP contribution in [-0.4, -0.2) is 29.8 Å². The fraction of sp³-hybridized carbons (Fsp3) is 0.360. The molecule has 0 aromatic heterocycles. The normalized spacial score (nSPS) is 28.1. The molecule has 152 valence electrons. The van der Waals surface area contributed by atoms with E-state index in [2.05, 4.69) is 19.1 Å². The number of aryl methyl sites for hydroxylation is 1. The van der Waals surface area contributed by atoms with E-state index in [4.69, 9.17) is 4.65 Å². The first-order chi connectivity index (χ1) is 14.5. The lowest BCUT2D eigenvalue weighted by Crippen LogP contribution is -2.50. The molecule has 2 aromatic carbocycles. The number of hydrogen-bond acceptors (Lipinski definition) is 4. The van der Waals surface area contributed by atoms with Crippen molar-refractivity contribution < 1.29 is 19.3 Å². The molecule has 4 atom stereocenters. The Hall–Kier alpha value is -2.50. The highest BCUT2D eigenvalue weighted by molar-refractivity contribution is 6.43. The minimum absolute atomic E-state index is 0.0427. The van der Waals surface area contributed by atoms with Gasteiger partial charge in [0.05, 0.1) is 6.10 Å². The molecule has 1 saturated heterocycles. The lowest BCUT2D eigenvalue weighted by Gasteiger charge is -2.46. The summed E-state index contributed by atoms with van der Waals surface area (Å²) in [6.07, 6.45) is 2.33. The van der Waals surface area contributed by atoms with Gasteiger partial charge in [0.15, 0.2) is 11.6 Å². The zero-order chi connectivity index (χ0) is 20.8. The second kappa shape index (κ2) is 7.64. The summed E-state index contributed by atoms with van der Waals surface area (Å²) < 4.78 is 5.96. The molecule has 0 bridgehead atoms. The van der Waals surface area contributed by atoms with E-state index in [1.165, 1.54) is 5.56 Å². The Morgan fingerprint density at radius 2 is 1.63 bits per heavy atom. The van der Waals surface area contributed by atoms with Gasteiger partial charge < -0.3 is 9.68 Å². The third kappa shape index (κ3) is 3.17. The lowest BCUT2D eigenvalue weighted by atomic mass is 9.54. The Labute approximate surface area is 177 Å². The molecule has 1 N–H and O–H groups in total. The lowest BCUT2D eigenvalue weighted by molar-refractivity contribution is 0.0601. The minimum atomic E-state index is -0.911. The molecule has 1 aliphatic heterocycles. The molecule has 0 spiro atoms. The van der Waals surface area contributed by atoms with E-state index in [0.29, 0.717) is 23.9 Å². The minimum Gasteiger partial charge on any atom is -0.427 e. The first-order valence-electron chi connectivity index (χ1n) is 10.8. The molecular weight excluding hydrogens is 375 g/mol. The van der Waals surface area contributed by atoms with E-state index >= 15 is 0 Å². The van der Waals surface area contributed by atoms with Crippen molar-refractivity contribution in [3.63, 3.8) is 0 Å². The van der Waals surface area contributed by atoms with Crippen LogP contribution in [0.25, 0.3) is 0 Å². The van der Waals surface area contributed by atoms with Crippen molar-refractivity contribution in [3.8, 4) is 0 Å². The van der Waals surface area contributed by atoms with Crippen molar-refractivity contribution in [2.75, 3.05) is 0 Å². The first-order valence-corrected chi connectivity index (χ1v) is 10.8. The van der Waals surface area contributed by atoms with Gasteiger partial charge in [0.25, 0.3) is 0 Å². The summed E-state index contributed by atoms with van der Waals surface area (Å²) in [5.41, 5.74) is 4.59. The topological polar surface area (TPSA) is 63.6 Å². The predicted molar refractivity (Wildman–Crippen MR) is 115 cm³/mol. The van der Waals surface area contributed by atoms with Gasteiger partial charge in [-0.3, -0.25) is 9.59 Å². The highest BCUT2D eigenvalue weighted by Crippen LogP contribution is 2.50. The van der Waals surface area contributed by atoms with Crippen LogP contribution in [-0.2, 0) is 11.1 Å². The zero-order valence-electron chi connectivity index (χ0n) is 17.1. The number of benzene rings is 2. The van der Waals surface area contributed by atoms with Crippen LogP contribution in [0, 0.1) is 17.8 Å². The molecule has 1 heterocycles. The molecule has 1 fully saturated rings. The van der Waals surface area contributed by atoms with Crippen LogP contribution in [0.2, 0.25) is 6.32 Å². The quantitative estimate of drug-likeness (QED) is 0.621. The van der Waals surface area contributed by atoms with Crippen LogP contribution in [0.5, 0.6) is 0 Å². The average molecular weight is 400 g/mol. The highest BCUT2D eigenvalue weighted by Gasteiger charge is 2.52. The molecule has 0 saturated carbocycles. The summed E-state index contributed by atoms with van der Waals surface area (Å²) in [6.45, 7) is 2.06. The van der Waals surface area contributed by atoms with E-state index < -0.39 is 13.0 Å². The van der Waals surface area contributed by atoms with Crippen molar-refractivity contribution in [2.45, 2.75) is 38.6 Å². The number of carbonyl (C=O) groups excluding carboxylic acids is 2. The maximum atomic E-state index is 13.5. The fourth-order valence-electron chi connectivity index (χ4n) is 5.77. The van der Waals surface area contributed by atoms with E-state index in [9.17, 15) is 14.6 Å². The Kier molecular flexibility index (Phi) is 4.96. The summed E-state index contributed by atoms with van der Waals surface area (Å²) in [5, 5.41) is 10.5. The van der Waals surface area contributed by atoms with Crippen molar-refractivity contribution >= 4 is 18.7 Å². The fourth-order valence-corrected chi connectivity index (χ4v) is 5.77. The van der Waals surface area contributed by atoms with Gasteiger partial charge in [0.2, 0.25) is 0 Å². The van der Waals surface area contributed by atoms with Gasteiger partial charge in [0, 0.05) is 23.0 Å². The predicted octanol–water partition coefficient (Wildman–Crippen LogP) is 4.15. The number of ketones is 2. The third-order valence-electron chi connectivity index (χ3n) is 7.04. The molecule has 30 heavy (non-hydrogen) atoms. The number of allylic oxidation sites excluding steroid dienone is 1. The average Bonchev–Trinajstić information content (AvgIpc) is 2.76. The number of carbonyl (C=O) groups is 2.